The van der Waals surface area contributed by atoms with Crippen LogP contribution in [0.3, 0.4) is 0 Å². The van der Waals surface area contributed by atoms with E-state index >= 15 is 0 Å². The Kier molecular flexibility index (Phi) is 5.35. The van der Waals surface area contributed by atoms with Crippen LogP contribution in [-0.2, 0) is 9.47 Å². The van der Waals surface area contributed by atoms with Crippen LogP contribution in [0.1, 0.15) is 32.6 Å². The van der Waals surface area contributed by atoms with Gasteiger partial charge >= 0.3 is 0 Å². The second-order valence-electron chi connectivity index (χ2n) is 3.62. The van der Waals surface area contributed by atoms with Gasteiger partial charge in [0.1, 0.15) is 0 Å². The standard InChI is InChI=1S/C10H21NO2/c1-2-12-7-5-9(11)8-10-4-3-6-13-10/h9-10H,2-8,11H2,1H3. The first kappa shape index (κ1) is 11.0. The lowest BCUT2D eigenvalue weighted by Crippen LogP contribution is -2.27. The van der Waals surface area contributed by atoms with Gasteiger partial charge in [-0.2, -0.15) is 0 Å². The molecule has 13 heavy (non-hydrogen) atoms. The molecule has 0 saturated carbocycles. The smallest absolute Gasteiger partial charge is 0.0590 e. The fraction of sp³-hybridized carbons (Fsp3) is 1.00. The third-order valence-corrected chi connectivity index (χ3v) is 2.43. The van der Waals surface area contributed by atoms with E-state index in [9.17, 15) is 0 Å². The molecule has 1 rings (SSSR count). The molecule has 1 fully saturated rings. The number of rotatable bonds is 6. The van der Waals surface area contributed by atoms with Crippen molar-refractivity contribution in [2.24, 2.45) is 5.73 Å². The molecule has 2 atom stereocenters. The fourth-order valence-electron chi connectivity index (χ4n) is 1.66. The summed E-state index contributed by atoms with van der Waals surface area (Å²) in [6.07, 6.45) is 4.74. The first-order valence-electron chi connectivity index (χ1n) is 5.28. The van der Waals surface area contributed by atoms with Crippen molar-refractivity contribution in [3.8, 4) is 0 Å². The van der Waals surface area contributed by atoms with E-state index in [-0.39, 0.29) is 6.04 Å². The minimum Gasteiger partial charge on any atom is -0.382 e. The maximum absolute atomic E-state index is 5.93. The zero-order valence-electron chi connectivity index (χ0n) is 8.50. The van der Waals surface area contributed by atoms with Crippen molar-refractivity contribution in [1.29, 1.82) is 0 Å². The summed E-state index contributed by atoms with van der Waals surface area (Å²) in [5.41, 5.74) is 5.93. The largest absolute Gasteiger partial charge is 0.382 e. The van der Waals surface area contributed by atoms with Crippen LogP contribution in [0.25, 0.3) is 0 Å². The van der Waals surface area contributed by atoms with E-state index in [1.807, 2.05) is 6.92 Å². The maximum Gasteiger partial charge on any atom is 0.0590 e. The van der Waals surface area contributed by atoms with Gasteiger partial charge < -0.3 is 15.2 Å². The maximum atomic E-state index is 5.93. The van der Waals surface area contributed by atoms with E-state index in [1.165, 1.54) is 12.8 Å². The third kappa shape index (κ3) is 4.60. The van der Waals surface area contributed by atoms with E-state index < -0.39 is 0 Å². The van der Waals surface area contributed by atoms with Crippen LogP contribution < -0.4 is 5.73 Å². The van der Waals surface area contributed by atoms with Gasteiger partial charge in [0.25, 0.3) is 0 Å². The van der Waals surface area contributed by atoms with Crippen LogP contribution in [0.5, 0.6) is 0 Å². The molecule has 3 heteroatoms. The molecule has 1 aliphatic rings. The lowest BCUT2D eigenvalue weighted by molar-refractivity contribution is 0.0896. The molecule has 2 unspecified atom stereocenters. The first-order valence-corrected chi connectivity index (χ1v) is 5.28. The zero-order valence-corrected chi connectivity index (χ0v) is 8.50. The van der Waals surface area contributed by atoms with Gasteiger partial charge in [0.2, 0.25) is 0 Å². The number of nitrogens with two attached hydrogens (primary N) is 1. The molecule has 1 heterocycles. The molecule has 0 aliphatic carbocycles. The normalized spacial score (nSPS) is 24.9. The van der Waals surface area contributed by atoms with Gasteiger partial charge in [-0.25, -0.2) is 0 Å². The van der Waals surface area contributed by atoms with Gasteiger partial charge in [-0.05, 0) is 32.6 Å². The minimum absolute atomic E-state index is 0.245. The molecule has 1 aliphatic heterocycles. The quantitative estimate of drug-likeness (QED) is 0.638. The van der Waals surface area contributed by atoms with E-state index in [1.54, 1.807) is 0 Å². The molecule has 0 spiro atoms. The van der Waals surface area contributed by atoms with Crippen LogP contribution in [0, 0.1) is 0 Å². The van der Waals surface area contributed by atoms with Crippen molar-refractivity contribution in [1.82, 2.24) is 0 Å². The number of hydrogen-bond acceptors (Lipinski definition) is 3. The van der Waals surface area contributed by atoms with Gasteiger partial charge in [0.05, 0.1) is 6.10 Å². The Balaban J connectivity index is 1.99. The highest BCUT2D eigenvalue weighted by molar-refractivity contribution is 4.72. The van der Waals surface area contributed by atoms with Crippen molar-refractivity contribution in [3.63, 3.8) is 0 Å². The molecular weight excluding hydrogens is 166 g/mol. The number of hydrogen-bond donors (Lipinski definition) is 1. The minimum atomic E-state index is 0.245. The third-order valence-electron chi connectivity index (χ3n) is 2.43. The van der Waals surface area contributed by atoms with Gasteiger partial charge in [-0.15, -0.1) is 0 Å². The van der Waals surface area contributed by atoms with E-state index in [0.717, 1.165) is 32.7 Å². The van der Waals surface area contributed by atoms with E-state index in [0.29, 0.717) is 6.10 Å². The van der Waals surface area contributed by atoms with Crippen molar-refractivity contribution in [3.05, 3.63) is 0 Å². The summed E-state index contributed by atoms with van der Waals surface area (Å²) in [5, 5.41) is 0. The Bertz CT molecular complexity index is 124. The van der Waals surface area contributed by atoms with Gasteiger partial charge in [0.15, 0.2) is 0 Å². The molecule has 3 nitrogen and oxygen atoms in total. The predicted molar refractivity (Wildman–Crippen MR) is 52.7 cm³/mol. The summed E-state index contributed by atoms with van der Waals surface area (Å²) in [7, 11) is 0. The Morgan fingerprint density at radius 1 is 1.62 bits per heavy atom. The van der Waals surface area contributed by atoms with Gasteiger partial charge in [-0.1, -0.05) is 0 Å². The highest BCUT2D eigenvalue weighted by atomic mass is 16.5. The van der Waals surface area contributed by atoms with Crippen molar-refractivity contribution < 1.29 is 9.47 Å². The molecule has 0 radical (unpaired) electrons. The molecule has 0 amide bonds. The van der Waals surface area contributed by atoms with Crippen molar-refractivity contribution in [2.45, 2.75) is 44.8 Å². The average molecular weight is 187 g/mol. The molecule has 0 aromatic rings. The summed E-state index contributed by atoms with van der Waals surface area (Å²) in [6.45, 7) is 4.49. The first-order chi connectivity index (χ1) is 6.33. The zero-order chi connectivity index (χ0) is 9.52. The molecule has 0 bridgehead atoms. The van der Waals surface area contributed by atoms with Gasteiger partial charge in [-0.3, -0.25) is 0 Å². The lowest BCUT2D eigenvalue weighted by atomic mass is 10.1. The summed E-state index contributed by atoms with van der Waals surface area (Å²) in [5.74, 6) is 0. The average Bonchev–Trinajstić information content (AvgIpc) is 2.57. The Morgan fingerprint density at radius 3 is 3.08 bits per heavy atom. The Labute approximate surface area is 80.6 Å². The van der Waals surface area contributed by atoms with Crippen LogP contribution in [0.4, 0.5) is 0 Å². The second-order valence-corrected chi connectivity index (χ2v) is 3.62. The topological polar surface area (TPSA) is 44.5 Å². The number of ether oxygens (including phenoxy) is 2. The van der Waals surface area contributed by atoms with Crippen molar-refractivity contribution in [2.75, 3.05) is 19.8 Å². The second kappa shape index (κ2) is 6.35. The van der Waals surface area contributed by atoms with Gasteiger partial charge in [0, 0.05) is 25.9 Å². The Hall–Kier alpha value is -0.120. The highest BCUT2D eigenvalue weighted by Gasteiger charge is 2.18. The summed E-state index contributed by atoms with van der Waals surface area (Å²) in [6, 6.07) is 0.245. The molecule has 78 valence electrons. The molecular formula is C10H21NO2. The Morgan fingerprint density at radius 2 is 2.46 bits per heavy atom. The van der Waals surface area contributed by atoms with Crippen LogP contribution >= 0.6 is 0 Å². The molecule has 2 N–H and O–H groups in total. The van der Waals surface area contributed by atoms with Crippen LogP contribution in [0.15, 0.2) is 0 Å². The summed E-state index contributed by atoms with van der Waals surface area (Å²) >= 11 is 0. The van der Waals surface area contributed by atoms with Crippen molar-refractivity contribution >= 4 is 0 Å². The van der Waals surface area contributed by atoms with Crippen LogP contribution in [-0.4, -0.2) is 32.0 Å². The monoisotopic (exact) mass is 187 g/mol. The summed E-state index contributed by atoms with van der Waals surface area (Å²) < 4.78 is 10.8. The molecule has 0 aromatic heterocycles. The highest BCUT2D eigenvalue weighted by Crippen LogP contribution is 2.17. The fourth-order valence-corrected chi connectivity index (χ4v) is 1.66. The SMILES string of the molecule is CCOCCC(N)CC1CCCO1. The van der Waals surface area contributed by atoms with E-state index in [4.69, 9.17) is 15.2 Å². The predicted octanol–water partition coefficient (Wildman–Crippen LogP) is 1.31. The summed E-state index contributed by atoms with van der Waals surface area (Å²) in [4.78, 5) is 0. The van der Waals surface area contributed by atoms with Crippen LogP contribution in [0.2, 0.25) is 0 Å². The lowest BCUT2D eigenvalue weighted by Gasteiger charge is -2.15. The van der Waals surface area contributed by atoms with E-state index in [2.05, 4.69) is 0 Å². The molecule has 0 aromatic carbocycles. The molecule has 1 saturated heterocycles.